The van der Waals surface area contributed by atoms with Crippen LogP contribution in [0.5, 0.6) is 0 Å². The predicted octanol–water partition coefficient (Wildman–Crippen LogP) is 0.574. The van der Waals surface area contributed by atoms with Crippen LogP contribution in [-0.4, -0.2) is 5.91 Å². The summed E-state index contributed by atoms with van der Waals surface area (Å²) >= 11 is 1.30. The van der Waals surface area contributed by atoms with E-state index >= 15 is 0 Å². The van der Waals surface area contributed by atoms with Gasteiger partial charge >= 0.3 is 0 Å². The molecular formula is C7H7N3O2S. The summed E-state index contributed by atoms with van der Waals surface area (Å²) in [5, 5.41) is 3.37. The highest BCUT2D eigenvalue weighted by atomic mass is 32.1. The Kier molecular flexibility index (Phi) is 1.91. The average molecular weight is 197 g/mol. The molecule has 0 saturated heterocycles. The molecule has 2 rings (SSSR count). The quantitative estimate of drug-likeness (QED) is 0.727. The largest absolute Gasteiger partial charge is 0.395 e. The van der Waals surface area contributed by atoms with Crippen molar-refractivity contribution in [2.45, 2.75) is 0 Å². The molecule has 0 atom stereocenters. The van der Waals surface area contributed by atoms with Crippen molar-refractivity contribution in [2.24, 2.45) is 5.73 Å². The van der Waals surface area contributed by atoms with Crippen molar-refractivity contribution >= 4 is 22.9 Å². The topological polar surface area (TPSA) is 67.6 Å². The van der Waals surface area contributed by atoms with E-state index in [-0.39, 0.29) is 0 Å². The monoisotopic (exact) mass is 197 g/mol. The Morgan fingerprint density at radius 1 is 1.69 bits per heavy atom. The SMILES string of the molecule is NC(=O)c1sccc1N1C=CON1. The molecule has 0 fully saturated rings. The van der Waals surface area contributed by atoms with Gasteiger partial charge in [0.2, 0.25) is 0 Å². The maximum absolute atomic E-state index is 11.0. The van der Waals surface area contributed by atoms with E-state index in [4.69, 9.17) is 10.6 Å². The van der Waals surface area contributed by atoms with Crippen LogP contribution in [0.1, 0.15) is 9.67 Å². The number of nitrogens with two attached hydrogens (primary N) is 1. The number of thiophene rings is 1. The van der Waals surface area contributed by atoms with Crippen molar-refractivity contribution < 1.29 is 9.63 Å². The Labute approximate surface area is 78.3 Å². The normalized spacial score (nSPS) is 14.6. The van der Waals surface area contributed by atoms with E-state index in [1.807, 2.05) is 0 Å². The molecule has 6 heteroatoms. The van der Waals surface area contributed by atoms with Crippen LogP contribution >= 0.6 is 11.3 Å². The molecule has 0 bridgehead atoms. The Balaban J connectivity index is 2.33. The highest BCUT2D eigenvalue weighted by molar-refractivity contribution is 7.12. The van der Waals surface area contributed by atoms with Gasteiger partial charge in [0.05, 0.1) is 11.9 Å². The van der Waals surface area contributed by atoms with E-state index in [0.717, 1.165) is 0 Å². The van der Waals surface area contributed by atoms with Crippen LogP contribution in [0.3, 0.4) is 0 Å². The highest BCUT2D eigenvalue weighted by Gasteiger charge is 2.16. The van der Waals surface area contributed by atoms with Gasteiger partial charge in [-0.3, -0.25) is 4.79 Å². The molecule has 0 aromatic carbocycles. The molecule has 1 aliphatic rings. The van der Waals surface area contributed by atoms with Crippen molar-refractivity contribution in [1.29, 1.82) is 0 Å². The number of hydrazine groups is 1. The van der Waals surface area contributed by atoms with Crippen LogP contribution in [0.25, 0.3) is 0 Å². The van der Waals surface area contributed by atoms with Crippen molar-refractivity contribution in [3.8, 4) is 0 Å². The average Bonchev–Trinajstić information content (AvgIpc) is 2.74. The lowest BCUT2D eigenvalue weighted by molar-refractivity contribution is 0.100. The number of nitrogens with one attached hydrogen (secondary N) is 1. The van der Waals surface area contributed by atoms with E-state index in [0.29, 0.717) is 10.6 Å². The number of primary amides is 1. The van der Waals surface area contributed by atoms with Crippen molar-refractivity contribution in [2.75, 3.05) is 5.01 Å². The van der Waals surface area contributed by atoms with Crippen molar-refractivity contribution in [1.82, 2.24) is 5.59 Å². The van der Waals surface area contributed by atoms with Gasteiger partial charge in [0.15, 0.2) is 0 Å². The lowest BCUT2D eigenvalue weighted by Gasteiger charge is -2.12. The molecule has 0 aliphatic carbocycles. The van der Waals surface area contributed by atoms with Gasteiger partial charge in [-0.05, 0) is 11.4 Å². The van der Waals surface area contributed by atoms with E-state index < -0.39 is 5.91 Å². The first kappa shape index (κ1) is 8.09. The van der Waals surface area contributed by atoms with E-state index in [2.05, 4.69) is 5.59 Å². The molecule has 2 heterocycles. The van der Waals surface area contributed by atoms with Gasteiger partial charge in [0.25, 0.3) is 5.91 Å². The van der Waals surface area contributed by atoms with Crippen LogP contribution in [-0.2, 0) is 4.84 Å². The van der Waals surface area contributed by atoms with Crippen LogP contribution in [0, 0.1) is 0 Å². The summed E-state index contributed by atoms with van der Waals surface area (Å²) < 4.78 is 0. The molecule has 0 radical (unpaired) electrons. The van der Waals surface area contributed by atoms with Gasteiger partial charge in [-0.25, -0.2) is 5.01 Å². The Morgan fingerprint density at radius 2 is 2.54 bits per heavy atom. The maximum atomic E-state index is 11.0. The molecule has 1 aromatic rings. The number of nitrogens with zero attached hydrogens (tertiary/aromatic N) is 1. The second-order valence-electron chi connectivity index (χ2n) is 2.36. The smallest absolute Gasteiger partial charge is 0.260 e. The summed E-state index contributed by atoms with van der Waals surface area (Å²) in [4.78, 5) is 16.2. The van der Waals surface area contributed by atoms with Crippen LogP contribution in [0.4, 0.5) is 5.69 Å². The number of hydrogen-bond donors (Lipinski definition) is 2. The van der Waals surface area contributed by atoms with Gasteiger partial charge in [-0.15, -0.1) is 11.3 Å². The second-order valence-corrected chi connectivity index (χ2v) is 3.28. The summed E-state index contributed by atoms with van der Waals surface area (Å²) in [6, 6.07) is 1.79. The van der Waals surface area contributed by atoms with E-state index in [9.17, 15) is 4.79 Å². The molecule has 68 valence electrons. The molecule has 1 aromatic heterocycles. The molecule has 3 N–H and O–H groups in total. The molecule has 5 nitrogen and oxygen atoms in total. The van der Waals surface area contributed by atoms with E-state index in [1.165, 1.54) is 17.6 Å². The summed E-state index contributed by atoms with van der Waals surface area (Å²) in [6.45, 7) is 0. The molecule has 0 unspecified atom stereocenters. The third-order valence-corrected chi connectivity index (χ3v) is 2.47. The maximum Gasteiger partial charge on any atom is 0.260 e. The summed E-state index contributed by atoms with van der Waals surface area (Å²) in [5.41, 5.74) is 8.45. The zero-order valence-corrected chi connectivity index (χ0v) is 7.38. The summed E-state index contributed by atoms with van der Waals surface area (Å²) in [5.74, 6) is -0.438. The Bertz CT molecular complexity index is 360. The lowest BCUT2D eigenvalue weighted by Crippen LogP contribution is -2.28. The van der Waals surface area contributed by atoms with Gasteiger partial charge in [0.1, 0.15) is 11.1 Å². The van der Waals surface area contributed by atoms with Gasteiger partial charge < -0.3 is 10.6 Å². The van der Waals surface area contributed by atoms with Crippen molar-refractivity contribution in [3.63, 3.8) is 0 Å². The third-order valence-electron chi connectivity index (χ3n) is 1.56. The first-order valence-corrected chi connectivity index (χ1v) is 4.41. The molecule has 1 aliphatic heterocycles. The second kappa shape index (κ2) is 3.08. The van der Waals surface area contributed by atoms with Crippen LogP contribution in [0.2, 0.25) is 0 Å². The number of carbonyl (C=O) groups is 1. The zero-order valence-electron chi connectivity index (χ0n) is 6.56. The Morgan fingerprint density at radius 3 is 3.15 bits per heavy atom. The fourth-order valence-electron chi connectivity index (χ4n) is 1.01. The lowest BCUT2D eigenvalue weighted by atomic mass is 10.3. The molecule has 0 saturated carbocycles. The van der Waals surface area contributed by atoms with Gasteiger partial charge in [0, 0.05) is 0 Å². The third kappa shape index (κ3) is 1.36. The Hall–Kier alpha value is -1.53. The van der Waals surface area contributed by atoms with Crippen LogP contribution < -0.4 is 16.3 Å². The minimum absolute atomic E-state index is 0.438. The highest BCUT2D eigenvalue weighted by Crippen LogP contribution is 2.25. The summed E-state index contributed by atoms with van der Waals surface area (Å²) in [6.07, 6.45) is 3.14. The minimum atomic E-state index is -0.438. The van der Waals surface area contributed by atoms with Crippen molar-refractivity contribution in [3.05, 3.63) is 28.8 Å². The number of rotatable bonds is 2. The fraction of sp³-hybridized carbons (Fsp3) is 0. The van der Waals surface area contributed by atoms with E-state index in [1.54, 1.807) is 22.7 Å². The molecule has 1 amide bonds. The molecule has 13 heavy (non-hydrogen) atoms. The number of amides is 1. The first-order valence-electron chi connectivity index (χ1n) is 3.53. The molecule has 0 spiro atoms. The first-order chi connectivity index (χ1) is 6.29. The zero-order chi connectivity index (χ0) is 9.26. The van der Waals surface area contributed by atoms with Crippen LogP contribution in [0.15, 0.2) is 23.9 Å². The summed E-state index contributed by atoms with van der Waals surface area (Å²) in [7, 11) is 0. The van der Waals surface area contributed by atoms with Gasteiger partial charge in [-0.1, -0.05) is 5.59 Å². The molecular weight excluding hydrogens is 190 g/mol. The number of carbonyl (C=O) groups excluding carboxylic acids is 1. The minimum Gasteiger partial charge on any atom is -0.395 e. The standard InChI is InChI=1S/C7H7N3O2S/c8-7(11)6-5(1-4-13-6)10-2-3-12-9-10/h1-4,9H,(H2,8,11). The predicted molar refractivity (Wildman–Crippen MR) is 48.7 cm³/mol. The number of anilines is 1. The number of hydrogen-bond acceptors (Lipinski definition) is 5. The fourth-order valence-corrected chi connectivity index (χ4v) is 1.75. The van der Waals surface area contributed by atoms with Gasteiger partial charge in [-0.2, -0.15) is 0 Å².